The van der Waals surface area contributed by atoms with Crippen molar-refractivity contribution in [2.45, 2.75) is 79.1 Å². The van der Waals surface area contributed by atoms with Crippen LogP contribution >= 0.6 is 24.4 Å². The molecule has 0 saturated carbocycles. The van der Waals surface area contributed by atoms with Crippen LogP contribution in [0.5, 0.6) is 0 Å². The van der Waals surface area contributed by atoms with Crippen LogP contribution in [0.25, 0.3) is 0 Å². The van der Waals surface area contributed by atoms with Gasteiger partial charge in [0.05, 0.1) is 0 Å². The number of quaternary nitrogens is 2. The van der Waals surface area contributed by atoms with Crippen LogP contribution in [0.15, 0.2) is 36.4 Å². The van der Waals surface area contributed by atoms with Crippen molar-refractivity contribution in [3.05, 3.63) is 58.7 Å². The fraction of sp³-hybridized carbons (Fsp3) is 0.462. The van der Waals surface area contributed by atoms with E-state index in [1.807, 2.05) is 12.1 Å². The van der Waals surface area contributed by atoms with Crippen molar-refractivity contribution in [2.75, 3.05) is 0 Å². The van der Waals surface area contributed by atoms with Crippen molar-refractivity contribution in [3.8, 4) is 0 Å². The fourth-order valence-corrected chi connectivity index (χ4v) is 4.83. The van der Waals surface area contributed by atoms with Crippen LogP contribution in [-0.4, -0.2) is 8.64 Å². The van der Waals surface area contributed by atoms with E-state index in [-0.39, 0.29) is 19.5 Å². The maximum atomic E-state index is 5.34. The minimum atomic E-state index is 0. The van der Waals surface area contributed by atoms with Crippen molar-refractivity contribution in [1.29, 1.82) is 0 Å². The summed E-state index contributed by atoms with van der Waals surface area (Å²) in [6.07, 6.45) is 8.79. The average molecular weight is 634 g/mol. The fourth-order valence-electron chi connectivity index (χ4n) is 4.01. The van der Waals surface area contributed by atoms with Crippen LogP contribution in [0.2, 0.25) is 0 Å². The predicted octanol–water partition coefficient (Wildman–Crippen LogP) is 4.80. The molecule has 0 radical (unpaired) electrons. The van der Waals surface area contributed by atoms with E-state index in [0.717, 1.165) is 62.7 Å². The topological polar surface area (TPSA) is 8.88 Å². The Labute approximate surface area is 259 Å². The number of hydrogen-bond donors (Lipinski definition) is 2. The average Bonchev–Trinajstić information content (AvgIpc) is 2.81. The van der Waals surface area contributed by atoms with Crippen molar-refractivity contribution in [2.24, 2.45) is 0 Å². The maximum absolute atomic E-state index is 5.34. The Bertz CT molecular complexity index is 863. The second-order valence-electron chi connectivity index (χ2n) is 8.12. The molecule has 2 unspecified atom stereocenters. The Hall–Kier alpha value is 0.303. The summed E-state index contributed by atoms with van der Waals surface area (Å²) in [5.41, 5.74) is 7.62. The summed E-state index contributed by atoms with van der Waals surface area (Å²) in [6.45, 7) is 8.75. The first kappa shape index (κ1) is 35.3. The molecular formula is C26H36N2S6Zn. The summed E-state index contributed by atoms with van der Waals surface area (Å²) in [6, 6.07) is 12.6. The minimum absolute atomic E-state index is 0. The molecule has 2 atom stereocenters. The van der Waals surface area contributed by atoms with E-state index in [9.17, 15) is 0 Å². The van der Waals surface area contributed by atoms with Crippen LogP contribution < -0.4 is 8.61 Å². The summed E-state index contributed by atoms with van der Waals surface area (Å²) < 4.78 is 2.14. The SMILES string of the molecule is CCCc1cccc([NH+]([S-])C(=S)[S-])c1CCC.CCCc1cccc([NH+]([S-])C(=S)[S-])c1CCC.[Zn+2]. The number of rotatable bonds is 10. The molecule has 2 rings (SSSR count). The van der Waals surface area contributed by atoms with Crippen molar-refractivity contribution in [1.82, 2.24) is 0 Å². The third-order valence-corrected chi connectivity index (χ3v) is 7.63. The summed E-state index contributed by atoms with van der Waals surface area (Å²) in [4.78, 5) is 0. The zero-order valence-corrected chi connectivity index (χ0v) is 29.1. The Morgan fingerprint density at radius 3 is 1.20 bits per heavy atom. The third-order valence-electron chi connectivity index (χ3n) is 5.44. The minimum Gasteiger partial charge on any atom is -0.485 e. The molecule has 188 valence electrons. The van der Waals surface area contributed by atoms with Crippen LogP contribution in [0.4, 0.5) is 11.4 Å². The van der Waals surface area contributed by atoms with Gasteiger partial charge >= 0.3 is 19.5 Å². The van der Waals surface area contributed by atoms with Gasteiger partial charge in [-0.2, -0.15) is 0 Å². The first-order valence-electron chi connectivity index (χ1n) is 12.0. The van der Waals surface area contributed by atoms with Gasteiger partial charge in [0.2, 0.25) is 0 Å². The molecule has 9 heteroatoms. The van der Waals surface area contributed by atoms with Gasteiger partial charge in [-0.1, -0.05) is 77.6 Å². The Morgan fingerprint density at radius 1 is 0.629 bits per heavy atom. The molecule has 0 saturated heterocycles. The summed E-state index contributed by atoms with van der Waals surface area (Å²) in [5.74, 6) is 0. The summed E-state index contributed by atoms with van der Waals surface area (Å²) in [7, 11) is 0. The number of benzene rings is 2. The van der Waals surface area contributed by atoms with E-state index in [4.69, 9.17) is 75.3 Å². The van der Waals surface area contributed by atoms with Gasteiger partial charge in [0.25, 0.3) is 0 Å². The van der Waals surface area contributed by atoms with Gasteiger partial charge in [-0.05, 0) is 48.9 Å². The third kappa shape index (κ3) is 11.3. The number of hydrogen-bond acceptors (Lipinski definition) is 6. The van der Waals surface area contributed by atoms with E-state index in [2.05, 4.69) is 52.0 Å². The summed E-state index contributed by atoms with van der Waals surface area (Å²) >= 11 is 30.8. The predicted molar refractivity (Wildman–Crippen MR) is 165 cm³/mol. The van der Waals surface area contributed by atoms with Gasteiger partial charge in [0, 0.05) is 19.8 Å². The van der Waals surface area contributed by atoms with Gasteiger partial charge in [-0.3, -0.25) is 0 Å². The Kier molecular flexibility index (Phi) is 19.6. The van der Waals surface area contributed by atoms with E-state index in [1.54, 1.807) is 0 Å². The molecule has 0 bridgehead atoms. The second kappa shape index (κ2) is 19.4. The van der Waals surface area contributed by atoms with Gasteiger partial charge < -0.3 is 83.9 Å². The molecular weight excluding hydrogens is 598 g/mol. The zero-order valence-electron chi connectivity index (χ0n) is 21.3. The largest absolute Gasteiger partial charge is 2.00 e. The molecule has 2 aromatic carbocycles. The standard InChI is InChI=1S/2C13H19NS3.Zn/c2*1-3-6-10-8-5-9-12(11(10)7-4-2)14(17)13(15)16;/h2*5,8-9,14H,3-4,6-7H2,1-2H3,(H,15,16);/q;;+2/p-2. The number of thiocarbonyl (C=S) groups is 2. The van der Waals surface area contributed by atoms with Crippen LogP contribution in [0.3, 0.4) is 0 Å². The van der Waals surface area contributed by atoms with Crippen LogP contribution in [-0.2, 0) is 96.0 Å². The monoisotopic (exact) mass is 632 g/mol. The van der Waals surface area contributed by atoms with Crippen LogP contribution in [0, 0.1) is 0 Å². The number of nitrogens with one attached hydrogen (secondary N) is 2. The maximum Gasteiger partial charge on any atom is 2.00 e. The Balaban J connectivity index is 0.000000642. The van der Waals surface area contributed by atoms with Crippen LogP contribution in [0.1, 0.15) is 75.6 Å². The smallest absolute Gasteiger partial charge is 0.485 e. The Morgan fingerprint density at radius 2 is 0.943 bits per heavy atom. The molecule has 0 aliphatic carbocycles. The second-order valence-corrected chi connectivity index (χ2v) is 11.1. The first-order valence-corrected chi connectivity index (χ1v) is 14.4. The number of aryl methyl sites for hydroxylation is 2. The first-order chi connectivity index (χ1) is 16.2. The molecule has 0 aliphatic heterocycles. The molecule has 0 amide bonds. The van der Waals surface area contributed by atoms with Gasteiger partial charge in [0.1, 0.15) is 11.4 Å². The molecule has 2 N–H and O–H groups in total. The molecule has 0 aromatic heterocycles. The van der Waals surface area contributed by atoms with Crippen molar-refractivity contribution < 1.29 is 28.1 Å². The molecule has 35 heavy (non-hydrogen) atoms. The molecule has 0 spiro atoms. The normalized spacial score (nSPS) is 12.1. The summed E-state index contributed by atoms with van der Waals surface area (Å²) in [5, 5.41) is 0. The van der Waals surface area contributed by atoms with E-state index >= 15 is 0 Å². The van der Waals surface area contributed by atoms with Gasteiger partial charge in [-0.25, -0.2) is 0 Å². The van der Waals surface area contributed by atoms with Gasteiger partial charge in [0.15, 0.2) is 0 Å². The molecule has 2 aromatic rings. The van der Waals surface area contributed by atoms with Gasteiger partial charge in [-0.15, -0.1) is 0 Å². The zero-order chi connectivity index (χ0) is 25.7. The van der Waals surface area contributed by atoms with Crippen molar-refractivity contribution >= 4 is 95.3 Å². The molecule has 0 aliphatic rings. The quantitative estimate of drug-likeness (QED) is 0.219. The van der Waals surface area contributed by atoms with E-state index in [1.165, 1.54) is 22.3 Å². The molecule has 0 heterocycles. The molecule has 0 fully saturated rings. The van der Waals surface area contributed by atoms with E-state index < -0.39 is 0 Å². The van der Waals surface area contributed by atoms with E-state index in [0.29, 0.717) is 17.3 Å². The molecule has 2 nitrogen and oxygen atoms in total. The van der Waals surface area contributed by atoms with Crippen molar-refractivity contribution in [3.63, 3.8) is 0 Å².